The number of carboxylic acid groups (broad SMARTS) is 1. The van der Waals surface area contributed by atoms with E-state index in [-0.39, 0.29) is 25.9 Å². The van der Waals surface area contributed by atoms with E-state index < -0.39 is 18.2 Å². The van der Waals surface area contributed by atoms with E-state index in [2.05, 4.69) is 4.74 Å². The van der Waals surface area contributed by atoms with E-state index >= 15 is 0 Å². The molecule has 6 nitrogen and oxygen atoms in total. The molecule has 0 saturated heterocycles. The zero-order valence-corrected chi connectivity index (χ0v) is 6.97. The number of carboxylic acids is 1. The number of ether oxygens (including phenoxy) is 1. The van der Waals surface area contributed by atoms with Crippen molar-refractivity contribution < 1.29 is 29.6 Å². The first-order valence-electron chi connectivity index (χ1n) is 3.76. The highest BCUT2D eigenvalue weighted by Crippen LogP contribution is 1.95. The molecule has 0 bridgehead atoms. The molecule has 6 heteroatoms. The molecule has 0 aliphatic heterocycles. The van der Waals surface area contributed by atoms with Crippen LogP contribution in [-0.4, -0.2) is 40.2 Å². The topological polar surface area (TPSA) is 104 Å². The average Bonchev–Trinajstić information content (AvgIpc) is 2.00. The van der Waals surface area contributed by atoms with Gasteiger partial charge in [0.05, 0.1) is 19.4 Å². The van der Waals surface area contributed by atoms with Crippen LogP contribution in [0.4, 0.5) is 0 Å². The maximum Gasteiger partial charge on any atom is 0.306 e. The summed E-state index contributed by atoms with van der Waals surface area (Å²) in [5.41, 5.74) is 0. The largest absolute Gasteiger partial charge is 0.481 e. The van der Waals surface area contributed by atoms with Crippen LogP contribution in [0.3, 0.4) is 0 Å². The van der Waals surface area contributed by atoms with E-state index in [0.717, 1.165) is 0 Å². The number of carbonyl (C=O) groups excluding carboxylic acids is 1. The molecule has 0 atom stereocenters. The lowest BCUT2D eigenvalue weighted by molar-refractivity contribution is -0.149. The summed E-state index contributed by atoms with van der Waals surface area (Å²) in [6, 6.07) is 0. The maximum atomic E-state index is 10.7. The first-order valence-corrected chi connectivity index (χ1v) is 3.76. The second-order valence-electron chi connectivity index (χ2n) is 2.38. The fourth-order valence-electron chi connectivity index (χ4n) is 0.559. The van der Waals surface area contributed by atoms with Crippen LogP contribution in [0, 0.1) is 0 Å². The molecule has 0 aliphatic carbocycles. The zero-order valence-electron chi connectivity index (χ0n) is 6.97. The van der Waals surface area contributed by atoms with Crippen molar-refractivity contribution in [3.8, 4) is 0 Å². The Balaban J connectivity index is 3.36. The van der Waals surface area contributed by atoms with Gasteiger partial charge in [-0.1, -0.05) is 0 Å². The van der Waals surface area contributed by atoms with Gasteiger partial charge >= 0.3 is 11.9 Å². The Bertz CT molecular complexity index is 176. The van der Waals surface area contributed by atoms with Crippen LogP contribution in [0.15, 0.2) is 0 Å². The summed E-state index contributed by atoms with van der Waals surface area (Å²) in [4.78, 5) is 20.7. The predicted octanol–water partition coefficient (Wildman–Crippen LogP) is -0.905. The molecular formula is C7H12O6. The molecule has 0 saturated carbocycles. The predicted molar refractivity (Wildman–Crippen MR) is 40.7 cm³/mol. The van der Waals surface area contributed by atoms with Gasteiger partial charge in [-0.05, 0) is 0 Å². The minimum absolute atomic E-state index is 0.0706. The Morgan fingerprint density at radius 3 is 2.31 bits per heavy atom. The molecule has 0 amide bonds. The Morgan fingerprint density at radius 2 is 1.85 bits per heavy atom. The molecule has 76 valence electrons. The molecule has 0 radical (unpaired) electrons. The number of aliphatic carboxylic acids is 1. The second-order valence-corrected chi connectivity index (χ2v) is 2.38. The molecular weight excluding hydrogens is 180 g/mol. The molecule has 0 spiro atoms. The second kappa shape index (κ2) is 6.38. The van der Waals surface area contributed by atoms with Crippen LogP contribution in [0.5, 0.6) is 0 Å². The number of rotatable bonds is 6. The SMILES string of the molecule is O=C(O)CCC(=O)OCCC(O)O. The fraction of sp³-hybridized carbons (Fsp3) is 0.714. The third kappa shape index (κ3) is 8.77. The van der Waals surface area contributed by atoms with Gasteiger partial charge in [0.2, 0.25) is 0 Å². The molecule has 13 heavy (non-hydrogen) atoms. The van der Waals surface area contributed by atoms with Gasteiger partial charge in [-0.15, -0.1) is 0 Å². The fourth-order valence-corrected chi connectivity index (χ4v) is 0.559. The van der Waals surface area contributed by atoms with Crippen LogP contribution < -0.4 is 0 Å². The molecule has 0 aromatic rings. The summed E-state index contributed by atoms with van der Waals surface area (Å²) in [6.45, 7) is -0.115. The Hall–Kier alpha value is -1.14. The molecule has 0 aliphatic rings. The van der Waals surface area contributed by atoms with Gasteiger partial charge < -0.3 is 20.1 Å². The first-order chi connectivity index (χ1) is 6.02. The zero-order chi connectivity index (χ0) is 10.3. The van der Waals surface area contributed by atoms with Crippen LogP contribution in [0.25, 0.3) is 0 Å². The summed E-state index contributed by atoms with van der Waals surface area (Å²) in [6.07, 6.45) is -2.05. The quantitative estimate of drug-likeness (QED) is 0.372. The van der Waals surface area contributed by atoms with Crippen molar-refractivity contribution in [2.24, 2.45) is 0 Å². The number of aliphatic hydroxyl groups excluding tert-OH is 1. The highest BCUT2D eigenvalue weighted by atomic mass is 16.5. The Morgan fingerprint density at radius 1 is 1.23 bits per heavy atom. The normalized spacial score (nSPS) is 10.1. The van der Waals surface area contributed by atoms with Gasteiger partial charge in [-0.3, -0.25) is 9.59 Å². The van der Waals surface area contributed by atoms with Gasteiger partial charge in [-0.2, -0.15) is 0 Å². The van der Waals surface area contributed by atoms with Gasteiger partial charge in [0, 0.05) is 6.42 Å². The average molecular weight is 192 g/mol. The van der Waals surface area contributed by atoms with E-state index in [1.807, 2.05) is 0 Å². The Labute approximate surface area is 74.7 Å². The number of hydrogen-bond acceptors (Lipinski definition) is 5. The number of esters is 1. The van der Waals surface area contributed by atoms with Gasteiger partial charge in [-0.25, -0.2) is 0 Å². The minimum Gasteiger partial charge on any atom is -0.481 e. The van der Waals surface area contributed by atoms with Gasteiger partial charge in [0.25, 0.3) is 0 Å². The summed E-state index contributed by atoms with van der Waals surface area (Å²) in [7, 11) is 0. The maximum absolute atomic E-state index is 10.7. The molecule has 0 rings (SSSR count). The van der Waals surface area contributed by atoms with Gasteiger partial charge in [0.15, 0.2) is 6.29 Å². The number of aliphatic hydroxyl groups is 2. The molecule has 0 aromatic carbocycles. The number of carbonyl (C=O) groups is 2. The van der Waals surface area contributed by atoms with E-state index in [9.17, 15) is 9.59 Å². The Kier molecular flexibility index (Phi) is 5.82. The van der Waals surface area contributed by atoms with Crippen LogP contribution in [0.2, 0.25) is 0 Å². The lowest BCUT2D eigenvalue weighted by Crippen LogP contribution is -2.13. The minimum atomic E-state index is -1.51. The van der Waals surface area contributed by atoms with E-state index in [1.54, 1.807) is 0 Å². The lowest BCUT2D eigenvalue weighted by Gasteiger charge is -2.04. The van der Waals surface area contributed by atoms with Crippen LogP contribution in [-0.2, 0) is 14.3 Å². The summed E-state index contributed by atoms with van der Waals surface area (Å²) >= 11 is 0. The van der Waals surface area contributed by atoms with Crippen molar-refractivity contribution in [3.05, 3.63) is 0 Å². The monoisotopic (exact) mass is 192 g/mol. The van der Waals surface area contributed by atoms with Crippen molar-refractivity contribution >= 4 is 11.9 Å². The molecule has 0 unspecified atom stereocenters. The number of hydrogen-bond donors (Lipinski definition) is 3. The van der Waals surface area contributed by atoms with Crippen molar-refractivity contribution in [2.45, 2.75) is 25.6 Å². The smallest absolute Gasteiger partial charge is 0.306 e. The van der Waals surface area contributed by atoms with Crippen molar-refractivity contribution in [3.63, 3.8) is 0 Å². The standard InChI is InChI=1S/C7H12O6/c8-5(9)1-2-7(12)13-4-3-6(10)11/h6,10-11H,1-4H2,(H,8,9). The third-order valence-electron chi connectivity index (χ3n) is 1.18. The van der Waals surface area contributed by atoms with Crippen molar-refractivity contribution in [1.29, 1.82) is 0 Å². The summed E-state index contributed by atoms with van der Waals surface area (Å²) in [5.74, 6) is -1.72. The summed E-state index contributed by atoms with van der Waals surface area (Å²) < 4.78 is 4.48. The van der Waals surface area contributed by atoms with Crippen molar-refractivity contribution in [1.82, 2.24) is 0 Å². The summed E-state index contributed by atoms with van der Waals surface area (Å²) in [5, 5.41) is 24.9. The highest BCUT2D eigenvalue weighted by Gasteiger charge is 2.06. The van der Waals surface area contributed by atoms with Crippen LogP contribution >= 0.6 is 0 Å². The van der Waals surface area contributed by atoms with Gasteiger partial charge in [0.1, 0.15) is 0 Å². The lowest BCUT2D eigenvalue weighted by atomic mass is 10.3. The first kappa shape index (κ1) is 11.9. The molecule has 0 aromatic heterocycles. The highest BCUT2D eigenvalue weighted by molar-refractivity contribution is 5.76. The van der Waals surface area contributed by atoms with Crippen molar-refractivity contribution in [2.75, 3.05) is 6.61 Å². The third-order valence-corrected chi connectivity index (χ3v) is 1.18. The molecule has 0 fully saturated rings. The van der Waals surface area contributed by atoms with E-state index in [0.29, 0.717) is 0 Å². The van der Waals surface area contributed by atoms with E-state index in [4.69, 9.17) is 15.3 Å². The van der Waals surface area contributed by atoms with Crippen LogP contribution in [0.1, 0.15) is 19.3 Å². The van der Waals surface area contributed by atoms with E-state index in [1.165, 1.54) is 0 Å². The molecule has 3 N–H and O–H groups in total. The molecule has 0 heterocycles.